The highest BCUT2D eigenvalue weighted by Crippen LogP contribution is 2.46. The number of aromatic nitrogens is 2. The molecule has 0 radical (unpaired) electrons. The minimum Gasteiger partial charge on any atom is -0.376 e. The zero-order chi connectivity index (χ0) is 27.0. The number of hydrogen-bond acceptors (Lipinski definition) is 7. The molecule has 3 N–H and O–H groups in total. The lowest BCUT2D eigenvalue weighted by Gasteiger charge is -2.25. The van der Waals surface area contributed by atoms with Crippen LogP contribution in [-0.2, 0) is 20.0 Å². The number of hydrogen-bond donors (Lipinski definition) is 3. The number of nitrogens with one attached hydrogen (secondary N) is 3. The van der Waals surface area contributed by atoms with E-state index >= 15 is 0 Å². The predicted molar refractivity (Wildman–Crippen MR) is 149 cm³/mol. The Labute approximate surface area is 226 Å². The number of rotatable bonds is 8. The highest BCUT2D eigenvalue weighted by Gasteiger charge is 2.37. The van der Waals surface area contributed by atoms with Crippen molar-refractivity contribution in [2.24, 2.45) is 0 Å². The van der Waals surface area contributed by atoms with E-state index in [0.717, 1.165) is 21.9 Å². The average molecular weight is 558 g/mol. The molecule has 1 aromatic heterocycles. The Bertz CT molecular complexity index is 1860. The van der Waals surface area contributed by atoms with Crippen LogP contribution >= 0.6 is 0 Å². The van der Waals surface area contributed by atoms with Crippen LogP contribution in [0.15, 0.2) is 119 Å². The average Bonchev–Trinajstić information content (AvgIpc) is 3.23. The summed E-state index contributed by atoms with van der Waals surface area (Å²) in [4.78, 5) is 8.02. The molecule has 0 amide bonds. The molecule has 4 aromatic carbocycles. The van der Waals surface area contributed by atoms with Crippen LogP contribution in [0, 0.1) is 0 Å². The summed E-state index contributed by atoms with van der Waals surface area (Å²) < 4.78 is 57.5. The summed E-state index contributed by atoms with van der Waals surface area (Å²) >= 11 is 0. The molecule has 9 nitrogen and oxygen atoms in total. The standard InChI is InChI=1S/C28H23N5O4S2/c34-38(35,21-9-2-1-3-10-21)32-27-24-12-5-8-19-7-4-11-23(25(19)24)26(27)31-20-13-15-22(16-14-20)39(36,37)33-28-29-17-6-18-30-28/h1-18,26-27,31-32H,(H,29,30,33). The number of anilines is 2. The van der Waals surface area contributed by atoms with Crippen molar-refractivity contribution >= 4 is 42.5 Å². The SMILES string of the molecule is O=S(=O)(Nc1ncccn1)c1ccc(NC2c3cccc4cccc(c34)C2NS(=O)(=O)c2ccccc2)cc1. The smallest absolute Gasteiger partial charge is 0.264 e. The fraction of sp³-hybridized carbons (Fsp3) is 0.0714. The predicted octanol–water partition coefficient (Wildman–Crippen LogP) is 4.62. The van der Waals surface area contributed by atoms with Crippen molar-refractivity contribution in [3.8, 4) is 0 Å². The topological polar surface area (TPSA) is 130 Å². The van der Waals surface area contributed by atoms with Crippen LogP contribution in [0.3, 0.4) is 0 Å². The second-order valence-electron chi connectivity index (χ2n) is 9.03. The molecular formula is C28H23N5O4S2. The first-order chi connectivity index (χ1) is 18.8. The van der Waals surface area contributed by atoms with Gasteiger partial charge in [-0.25, -0.2) is 36.2 Å². The van der Waals surface area contributed by atoms with Crippen molar-refractivity contribution in [1.29, 1.82) is 0 Å². The second kappa shape index (κ2) is 9.77. The van der Waals surface area contributed by atoms with Crippen LogP contribution < -0.4 is 14.8 Å². The van der Waals surface area contributed by atoms with Crippen molar-refractivity contribution in [2.45, 2.75) is 21.9 Å². The van der Waals surface area contributed by atoms with Gasteiger partial charge in [-0.05, 0) is 64.4 Å². The van der Waals surface area contributed by atoms with E-state index in [1.54, 1.807) is 48.5 Å². The Hall–Kier alpha value is -4.32. The number of sulfonamides is 2. The molecule has 5 aromatic rings. The molecule has 11 heteroatoms. The third-order valence-electron chi connectivity index (χ3n) is 6.59. The first-order valence-electron chi connectivity index (χ1n) is 12.1. The van der Waals surface area contributed by atoms with Crippen molar-refractivity contribution in [3.63, 3.8) is 0 Å². The summed E-state index contributed by atoms with van der Waals surface area (Å²) in [5.41, 5.74) is 2.44. The number of nitrogens with zero attached hydrogens (tertiary/aromatic N) is 2. The zero-order valence-corrected chi connectivity index (χ0v) is 22.0. The van der Waals surface area contributed by atoms with Gasteiger partial charge in [0.1, 0.15) is 0 Å². The number of benzene rings is 4. The molecule has 0 spiro atoms. The Balaban J connectivity index is 1.32. The highest BCUT2D eigenvalue weighted by atomic mass is 32.2. The molecule has 0 fully saturated rings. The maximum atomic E-state index is 13.3. The minimum atomic E-state index is -3.89. The van der Waals surface area contributed by atoms with Gasteiger partial charge in [0, 0.05) is 18.1 Å². The normalized spacial score (nSPS) is 16.7. The van der Waals surface area contributed by atoms with Crippen molar-refractivity contribution in [1.82, 2.24) is 14.7 Å². The molecule has 6 rings (SSSR count). The molecule has 1 aliphatic rings. The van der Waals surface area contributed by atoms with E-state index in [9.17, 15) is 16.8 Å². The molecule has 0 bridgehead atoms. The van der Waals surface area contributed by atoms with Gasteiger partial charge in [-0.3, -0.25) is 0 Å². The van der Waals surface area contributed by atoms with E-state index < -0.39 is 32.1 Å². The van der Waals surface area contributed by atoms with Crippen LogP contribution in [0.5, 0.6) is 0 Å². The van der Waals surface area contributed by atoms with E-state index in [1.807, 2.05) is 36.4 Å². The molecule has 0 saturated heterocycles. The molecule has 39 heavy (non-hydrogen) atoms. The lowest BCUT2D eigenvalue weighted by molar-refractivity contribution is 0.534. The van der Waals surface area contributed by atoms with Crippen LogP contribution in [0.4, 0.5) is 11.6 Å². The lowest BCUT2D eigenvalue weighted by Crippen LogP contribution is -2.33. The van der Waals surface area contributed by atoms with Gasteiger partial charge in [-0.2, -0.15) is 0 Å². The van der Waals surface area contributed by atoms with Gasteiger partial charge in [0.15, 0.2) is 0 Å². The fourth-order valence-corrected chi connectivity index (χ4v) is 7.05. The summed E-state index contributed by atoms with van der Waals surface area (Å²) in [5, 5.41) is 5.43. The largest absolute Gasteiger partial charge is 0.376 e. The van der Waals surface area contributed by atoms with Crippen LogP contribution in [0.2, 0.25) is 0 Å². The first-order valence-corrected chi connectivity index (χ1v) is 15.0. The molecule has 196 valence electrons. The van der Waals surface area contributed by atoms with Crippen LogP contribution in [0.25, 0.3) is 10.8 Å². The first kappa shape index (κ1) is 25.0. The molecule has 2 atom stereocenters. The summed E-state index contributed by atoms with van der Waals surface area (Å²) in [7, 11) is -7.72. The highest BCUT2D eigenvalue weighted by molar-refractivity contribution is 7.92. The monoisotopic (exact) mass is 557 g/mol. The van der Waals surface area contributed by atoms with Gasteiger partial charge in [-0.15, -0.1) is 0 Å². The van der Waals surface area contributed by atoms with Crippen molar-refractivity contribution in [2.75, 3.05) is 10.0 Å². The fourth-order valence-electron chi connectivity index (χ4n) is 4.85. The van der Waals surface area contributed by atoms with Crippen LogP contribution in [0.1, 0.15) is 23.2 Å². The third kappa shape index (κ3) is 4.83. The molecular weight excluding hydrogens is 534 g/mol. The zero-order valence-electron chi connectivity index (χ0n) is 20.4. The molecule has 2 unspecified atom stereocenters. The van der Waals surface area contributed by atoms with Crippen molar-refractivity contribution in [3.05, 3.63) is 121 Å². The summed E-state index contributed by atoms with van der Waals surface area (Å²) in [5.74, 6) is -0.0231. The summed E-state index contributed by atoms with van der Waals surface area (Å²) in [6.45, 7) is 0. The Kier molecular flexibility index (Phi) is 6.26. The summed E-state index contributed by atoms with van der Waals surface area (Å²) in [6, 6.07) is 26.8. The maximum absolute atomic E-state index is 13.3. The van der Waals surface area contributed by atoms with Crippen LogP contribution in [-0.4, -0.2) is 26.8 Å². The van der Waals surface area contributed by atoms with E-state index in [4.69, 9.17) is 0 Å². The second-order valence-corrected chi connectivity index (χ2v) is 12.4. The van der Waals surface area contributed by atoms with Gasteiger partial charge in [0.05, 0.1) is 21.9 Å². The molecule has 0 saturated carbocycles. The van der Waals surface area contributed by atoms with Gasteiger partial charge in [-0.1, -0.05) is 54.6 Å². The Morgan fingerprint density at radius 2 is 1.21 bits per heavy atom. The van der Waals surface area contributed by atoms with E-state index in [2.05, 4.69) is 24.7 Å². The van der Waals surface area contributed by atoms with E-state index in [0.29, 0.717) is 5.69 Å². The van der Waals surface area contributed by atoms with E-state index in [1.165, 1.54) is 24.5 Å². The van der Waals surface area contributed by atoms with Gasteiger partial charge in [0.2, 0.25) is 16.0 Å². The van der Waals surface area contributed by atoms with E-state index in [-0.39, 0.29) is 15.7 Å². The lowest BCUT2D eigenvalue weighted by atomic mass is 10.0. The third-order valence-corrected chi connectivity index (χ3v) is 9.39. The van der Waals surface area contributed by atoms with Gasteiger partial charge in [0.25, 0.3) is 10.0 Å². The van der Waals surface area contributed by atoms with Crippen molar-refractivity contribution < 1.29 is 16.8 Å². The summed E-state index contributed by atoms with van der Waals surface area (Å²) in [6.07, 6.45) is 2.89. The van der Waals surface area contributed by atoms with Gasteiger partial charge < -0.3 is 5.32 Å². The Morgan fingerprint density at radius 1 is 0.590 bits per heavy atom. The minimum absolute atomic E-state index is 0.0231. The quantitative estimate of drug-likeness (QED) is 0.254. The molecule has 1 heterocycles. The molecule has 0 aliphatic heterocycles. The Morgan fingerprint density at radius 3 is 1.87 bits per heavy atom. The van der Waals surface area contributed by atoms with Gasteiger partial charge >= 0.3 is 0 Å². The molecule has 1 aliphatic carbocycles. The maximum Gasteiger partial charge on any atom is 0.264 e.